The Morgan fingerprint density at radius 2 is 2.42 bits per heavy atom. The summed E-state index contributed by atoms with van der Waals surface area (Å²) in [5, 5.41) is 19.3. The fourth-order valence-corrected chi connectivity index (χ4v) is 1.61. The molecule has 12 heavy (non-hydrogen) atoms. The molecule has 0 fully saturated rings. The number of carboxylic acids is 1. The predicted octanol–water partition coefficient (Wildman–Crippen LogP) is -0.0210. The van der Waals surface area contributed by atoms with Crippen molar-refractivity contribution >= 4 is 17.3 Å². The van der Waals surface area contributed by atoms with E-state index in [-0.39, 0.29) is 0 Å². The van der Waals surface area contributed by atoms with Crippen molar-refractivity contribution < 1.29 is 15.0 Å². The summed E-state index contributed by atoms with van der Waals surface area (Å²) in [5.41, 5.74) is 3.82. The number of hydrogen-bond donors (Lipinski definition) is 3. The van der Waals surface area contributed by atoms with Gasteiger partial charge >= 0.3 is 5.97 Å². The SMILES string of the molecule is NC(CO)(C(=O)O)c1cccs1. The monoisotopic (exact) mass is 187 g/mol. The standard InChI is InChI=1S/C7H9NO3S/c8-7(4-9,6(10)11)5-2-1-3-12-5/h1-3,9H,4,8H2,(H,10,11). The second-order valence-electron chi connectivity index (χ2n) is 2.41. The molecule has 1 unspecified atom stereocenters. The zero-order valence-electron chi connectivity index (χ0n) is 6.23. The van der Waals surface area contributed by atoms with Crippen LogP contribution in [0, 0.1) is 0 Å². The summed E-state index contributed by atoms with van der Waals surface area (Å²) in [6.45, 7) is -0.594. The lowest BCUT2D eigenvalue weighted by atomic mass is 10.0. The van der Waals surface area contributed by atoms with Crippen molar-refractivity contribution in [3.63, 3.8) is 0 Å². The molecule has 0 aliphatic heterocycles. The van der Waals surface area contributed by atoms with Gasteiger partial charge in [0.2, 0.25) is 0 Å². The Kier molecular flexibility index (Phi) is 2.46. The zero-order chi connectivity index (χ0) is 9.19. The van der Waals surface area contributed by atoms with Crippen LogP contribution in [0.25, 0.3) is 0 Å². The van der Waals surface area contributed by atoms with Crippen LogP contribution in [0.5, 0.6) is 0 Å². The highest BCUT2D eigenvalue weighted by Gasteiger charge is 2.36. The maximum Gasteiger partial charge on any atom is 0.331 e. The van der Waals surface area contributed by atoms with Crippen molar-refractivity contribution in [1.82, 2.24) is 0 Å². The first-order valence-corrected chi connectivity index (χ1v) is 4.16. The van der Waals surface area contributed by atoms with Crippen molar-refractivity contribution in [3.05, 3.63) is 22.4 Å². The van der Waals surface area contributed by atoms with Crippen LogP contribution in [-0.2, 0) is 10.3 Å². The minimum absolute atomic E-state index is 0.456. The average molecular weight is 187 g/mol. The second kappa shape index (κ2) is 3.22. The molecule has 0 aliphatic rings. The molecule has 1 aromatic heterocycles. The summed E-state index contributed by atoms with van der Waals surface area (Å²) >= 11 is 1.22. The third-order valence-corrected chi connectivity index (χ3v) is 2.64. The van der Waals surface area contributed by atoms with Crippen molar-refractivity contribution in [3.8, 4) is 0 Å². The number of carboxylic acid groups (broad SMARTS) is 1. The number of carbonyl (C=O) groups is 1. The molecule has 0 aliphatic carbocycles. The molecule has 0 amide bonds. The first-order chi connectivity index (χ1) is 5.61. The van der Waals surface area contributed by atoms with Gasteiger partial charge in [-0.25, -0.2) is 4.79 Å². The van der Waals surface area contributed by atoms with Crippen LogP contribution in [0.15, 0.2) is 17.5 Å². The summed E-state index contributed by atoms with van der Waals surface area (Å²) in [5.74, 6) is -1.22. The van der Waals surface area contributed by atoms with Gasteiger partial charge in [0.15, 0.2) is 5.54 Å². The van der Waals surface area contributed by atoms with Gasteiger partial charge in [0.25, 0.3) is 0 Å². The van der Waals surface area contributed by atoms with Crippen molar-refractivity contribution in [2.24, 2.45) is 5.73 Å². The second-order valence-corrected chi connectivity index (χ2v) is 3.36. The quantitative estimate of drug-likeness (QED) is 0.621. The molecule has 0 aromatic carbocycles. The first-order valence-electron chi connectivity index (χ1n) is 3.28. The highest BCUT2D eigenvalue weighted by Crippen LogP contribution is 2.22. The van der Waals surface area contributed by atoms with E-state index in [1.807, 2.05) is 0 Å². The molecule has 4 N–H and O–H groups in total. The number of hydrogen-bond acceptors (Lipinski definition) is 4. The van der Waals surface area contributed by atoms with Gasteiger partial charge in [0.05, 0.1) is 6.61 Å². The van der Waals surface area contributed by atoms with E-state index in [4.69, 9.17) is 15.9 Å². The van der Waals surface area contributed by atoms with E-state index in [0.717, 1.165) is 0 Å². The van der Waals surface area contributed by atoms with Gasteiger partial charge in [-0.2, -0.15) is 0 Å². The molecular weight excluding hydrogens is 178 g/mol. The average Bonchev–Trinajstić information content (AvgIpc) is 2.54. The molecule has 66 valence electrons. The van der Waals surface area contributed by atoms with Gasteiger partial charge in [0.1, 0.15) is 0 Å². The summed E-state index contributed by atoms with van der Waals surface area (Å²) in [7, 11) is 0. The normalized spacial score (nSPS) is 15.5. The van der Waals surface area contributed by atoms with Gasteiger partial charge in [-0.15, -0.1) is 11.3 Å². The van der Waals surface area contributed by atoms with E-state index in [1.54, 1.807) is 17.5 Å². The third kappa shape index (κ3) is 1.34. The largest absolute Gasteiger partial charge is 0.480 e. The van der Waals surface area contributed by atoms with E-state index in [1.165, 1.54) is 11.3 Å². The van der Waals surface area contributed by atoms with Gasteiger partial charge in [-0.3, -0.25) is 0 Å². The third-order valence-electron chi connectivity index (χ3n) is 1.59. The number of aliphatic hydroxyl groups is 1. The molecule has 5 heteroatoms. The number of rotatable bonds is 3. The van der Waals surface area contributed by atoms with Crippen molar-refractivity contribution in [2.75, 3.05) is 6.61 Å². The molecule has 1 atom stereocenters. The zero-order valence-corrected chi connectivity index (χ0v) is 7.04. The summed E-state index contributed by atoms with van der Waals surface area (Å²) < 4.78 is 0. The van der Waals surface area contributed by atoms with Gasteiger partial charge in [-0.05, 0) is 11.4 Å². The maximum absolute atomic E-state index is 10.7. The van der Waals surface area contributed by atoms with Crippen LogP contribution in [0.2, 0.25) is 0 Å². The Bertz CT molecular complexity index is 272. The molecule has 0 radical (unpaired) electrons. The predicted molar refractivity (Wildman–Crippen MR) is 44.9 cm³/mol. The number of thiophene rings is 1. The van der Waals surface area contributed by atoms with Crippen LogP contribution in [0.4, 0.5) is 0 Å². The molecule has 1 heterocycles. The van der Waals surface area contributed by atoms with Gasteiger partial charge in [0, 0.05) is 4.88 Å². The van der Waals surface area contributed by atoms with E-state index in [2.05, 4.69) is 0 Å². The summed E-state index contributed by atoms with van der Waals surface area (Å²) in [4.78, 5) is 11.1. The molecule has 1 rings (SSSR count). The highest BCUT2D eigenvalue weighted by atomic mass is 32.1. The molecule has 4 nitrogen and oxygen atoms in total. The highest BCUT2D eigenvalue weighted by molar-refractivity contribution is 7.10. The van der Waals surface area contributed by atoms with E-state index in [0.29, 0.717) is 4.88 Å². The number of aliphatic hydroxyl groups excluding tert-OH is 1. The minimum atomic E-state index is -1.64. The minimum Gasteiger partial charge on any atom is -0.480 e. The molecule has 1 aromatic rings. The molecule has 0 bridgehead atoms. The van der Waals surface area contributed by atoms with Crippen molar-refractivity contribution in [2.45, 2.75) is 5.54 Å². The maximum atomic E-state index is 10.7. The Labute approximate surface area is 73.3 Å². The Morgan fingerprint density at radius 1 is 1.75 bits per heavy atom. The molecule has 0 saturated carbocycles. The fourth-order valence-electron chi connectivity index (χ4n) is 0.783. The Balaban J connectivity index is 3.04. The Hall–Kier alpha value is -0.910. The van der Waals surface area contributed by atoms with Gasteiger partial charge < -0.3 is 15.9 Å². The molecule has 0 saturated heterocycles. The van der Waals surface area contributed by atoms with Crippen LogP contribution in [0.3, 0.4) is 0 Å². The van der Waals surface area contributed by atoms with E-state index < -0.39 is 18.1 Å². The molecular formula is C7H9NO3S. The van der Waals surface area contributed by atoms with E-state index in [9.17, 15) is 4.79 Å². The van der Waals surface area contributed by atoms with Crippen LogP contribution in [0.1, 0.15) is 4.88 Å². The fraction of sp³-hybridized carbons (Fsp3) is 0.286. The van der Waals surface area contributed by atoms with E-state index >= 15 is 0 Å². The summed E-state index contributed by atoms with van der Waals surface area (Å²) in [6.07, 6.45) is 0. The van der Waals surface area contributed by atoms with Crippen LogP contribution < -0.4 is 5.73 Å². The van der Waals surface area contributed by atoms with Crippen LogP contribution >= 0.6 is 11.3 Å². The van der Waals surface area contributed by atoms with Crippen molar-refractivity contribution in [1.29, 1.82) is 0 Å². The lowest BCUT2D eigenvalue weighted by Crippen LogP contribution is -2.47. The lowest BCUT2D eigenvalue weighted by Gasteiger charge is -2.19. The van der Waals surface area contributed by atoms with Crippen LogP contribution in [-0.4, -0.2) is 22.8 Å². The topological polar surface area (TPSA) is 83.5 Å². The Morgan fingerprint density at radius 3 is 2.75 bits per heavy atom. The smallest absolute Gasteiger partial charge is 0.331 e. The van der Waals surface area contributed by atoms with Gasteiger partial charge in [-0.1, -0.05) is 6.07 Å². The number of aliphatic carboxylic acids is 1. The first kappa shape index (κ1) is 9.18. The number of nitrogens with two attached hydrogens (primary N) is 1. The lowest BCUT2D eigenvalue weighted by molar-refractivity contribution is -0.145. The summed E-state index contributed by atoms with van der Waals surface area (Å²) in [6, 6.07) is 3.29. The molecule has 0 spiro atoms.